The number of aliphatic imine (C=N–C) groups is 1. The van der Waals surface area contributed by atoms with Gasteiger partial charge in [0.25, 0.3) is 0 Å². The number of rotatable bonds is 6. The number of aromatic nitrogens is 1. The molecule has 0 fully saturated rings. The van der Waals surface area contributed by atoms with Crippen LogP contribution in [0.15, 0.2) is 88.4 Å². The van der Waals surface area contributed by atoms with Crippen molar-refractivity contribution in [2.75, 3.05) is 14.2 Å². The second-order valence-corrected chi connectivity index (χ2v) is 8.03. The molecule has 0 spiro atoms. The molecule has 0 aliphatic heterocycles. The largest absolute Gasteiger partial charge is 0.497 e. The number of furan rings is 1. The van der Waals surface area contributed by atoms with Gasteiger partial charge in [0.15, 0.2) is 0 Å². The molecule has 0 aliphatic rings. The minimum Gasteiger partial charge on any atom is -0.497 e. The number of nitrogens with zero attached hydrogens (tertiary/aromatic N) is 3. The SMILES string of the molecule is COc1ccc(-c2oc(N=Cc3cn(C)c4ccccc34)c(C#N)c2-c2ccc(OC)cc2)cc1. The zero-order valence-corrected chi connectivity index (χ0v) is 19.6. The summed E-state index contributed by atoms with van der Waals surface area (Å²) in [5.74, 6) is 2.30. The maximum atomic E-state index is 10.1. The van der Waals surface area contributed by atoms with Crippen molar-refractivity contribution in [2.24, 2.45) is 12.0 Å². The van der Waals surface area contributed by atoms with E-state index in [0.717, 1.165) is 39.1 Å². The van der Waals surface area contributed by atoms with Crippen molar-refractivity contribution >= 4 is 23.0 Å². The number of benzene rings is 3. The van der Waals surface area contributed by atoms with Crippen LogP contribution >= 0.6 is 0 Å². The summed E-state index contributed by atoms with van der Waals surface area (Å²) < 4.78 is 18.9. The van der Waals surface area contributed by atoms with Crippen LogP contribution in [-0.2, 0) is 7.05 Å². The molecule has 5 aromatic rings. The average molecular weight is 462 g/mol. The van der Waals surface area contributed by atoms with Crippen molar-refractivity contribution < 1.29 is 13.9 Å². The van der Waals surface area contributed by atoms with Crippen molar-refractivity contribution in [1.29, 1.82) is 5.26 Å². The fourth-order valence-corrected chi connectivity index (χ4v) is 4.20. The summed E-state index contributed by atoms with van der Waals surface area (Å²) in [7, 11) is 5.24. The molecule has 0 atom stereocenters. The van der Waals surface area contributed by atoms with Crippen molar-refractivity contribution in [3.63, 3.8) is 0 Å². The first-order valence-corrected chi connectivity index (χ1v) is 11.1. The van der Waals surface area contributed by atoms with Gasteiger partial charge in [-0.2, -0.15) is 5.26 Å². The van der Waals surface area contributed by atoms with E-state index < -0.39 is 0 Å². The Morgan fingerprint density at radius 1 is 0.886 bits per heavy atom. The summed E-state index contributed by atoms with van der Waals surface area (Å²) in [5.41, 5.74) is 4.76. The van der Waals surface area contributed by atoms with Gasteiger partial charge >= 0.3 is 0 Å². The summed E-state index contributed by atoms with van der Waals surface area (Å²) in [6.45, 7) is 0. The van der Waals surface area contributed by atoms with Crippen LogP contribution < -0.4 is 9.47 Å². The normalized spacial score (nSPS) is 11.1. The molecule has 0 unspecified atom stereocenters. The second-order valence-electron chi connectivity index (χ2n) is 8.03. The van der Waals surface area contributed by atoms with Crippen LogP contribution in [0.25, 0.3) is 33.4 Å². The first-order valence-electron chi connectivity index (χ1n) is 11.1. The van der Waals surface area contributed by atoms with Gasteiger partial charge < -0.3 is 18.5 Å². The summed E-state index contributed by atoms with van der Waals surface area (Å²) >= 11 is 0. The molecule has 2 heterocycles. The molecular formula is C29H23N3O3. The van der Waals surface area contributed by atoms with E-state index in [1.54, 1.807) is 20.4 Å². The van der Waals surface area contributed by atoms with Crippen molar-refractivity contribution in [3.05, 3.63) is 90.1 Å². The lowest BCUT2D eigenvalue weighted by Gasteiger charge is -2.06. The lowest BCUT2D eigenvalue weighted by molar-refractivity contribution is 0.414. The average Bonchev–Trinajstić information content (AvgIpc) is 3.45. The number of fused-ring (bicyclic) bond motifs is 1. The Morgan fingerprint density at radius 2 is 1.51 bits per heavy atom. The highest BCUT2D eigenvalue weighted by Crippen LogP contribution is 2.43. The highest BCUT2D eigenvalue weighted by Gasteiger charge is 2.23. The van der Waals surface area contributed by atoms with Gasteiger partial charge in [0.05, 0.1) is 14.2 Å². The molecule has 5 rings (SSSR count). The van der Waals surface area contributed by atoms with Crippen molar-refractivity contribution in [3.8, 4) is 40.0 Å². The minimum absolute atomic E-state index is 0.261. The molecular weight excluding hydrogens is 438 g/mol. The van der Waals surface area contributed by atoms with Gasteiger partial charge in [0.2, 0.25) is 5.88 Å². The fourth-order valence-electron chi connectivity index (χ4n) is 4.20. The maximum Gasteiger partial charge on any atom is 0.238 e. The highest BCUT2D eigenvalue weighted by atomic mass is 16.5. The van der Waals surface area contributed by atoms with Crippen LogP contribution in [0.5, 0.6) is 11.5 Å². The van der Waals surface area contributed by atoms with E-state index in [4.69, 9.17) is 13.9 Å². The van der Waals surface area contributed by atoms with Gasteiger partial charge in [-0.1, -0.05) is 30.3 Å². The molecule has 0 saturated heterocycles. The summed E-state index contributed by atoms with van der Waals surface area (Å²) in [4.78, 5) is 4.63. The van der Waals surface area contributed by atoms with Gasteiger partial charge in [-0.3, -0.25) is 0 Å². The Morgan fingerprint density at radius 3 is 2.14 bits per heavy atom. The van der Waals surface area contributed by atoms with Gasteiger partial charge in [0.1, 0.15) is 28.9 Å². The Balaban J connectivity index is 1.66. The number of hydrogen-bond acceptors (Lipinski definition) is 5. The topological polar surface area (TPSA) is 72.7 Å². The smallest absolute Gasteiger partial charge is 0.238 e. The molecule has 6 heteroatoms. The van der Waals surface area contributed by atoms with E-state index >= 15 is 0 Å². The monoisotopic (exact) mass is 461 g/mol. The van der Waals surface area contributed by atoms with Gasteiger partial charge in [0, 0.05) is 47.1 Å². The summed E-state index contributed by atoms with van der Waals surface area (Å²) in [6.07, 6.45) is 3.76. The molecule has 0 saturated carbocycles. The number of hydrogen-bond donors (Lipinski definition) is 0. The first-order chi connectivity index (χ1) is 17.1. The summed E-state index contributed by atoms with van der Waals surface area (Å²) in [5, 5.41) is 11.2. The molecule has 0 radical (unpaired) electrons. The van der Waals surface area contributed by atoms with E-state index in [2.05, 4.69) is 27.8 Å². The van der Waals surface area contributed by atoms with E-state index in [0.29, 0.717) is 16.9 Å². The molecule has 6 nitrogen and oxygen atoms in total. The molecule has 0 amide bonds. The van der Waals surface area contributed by atoms with E-state index in [-0.39, 0.29) is 5.88 Å². The third-order valence-corrected chi connectivity index (χ3v) is 5.98. The van der Waals surface area contributed by atoms with Crippen LogP contribution in [-0.4, -0.2) is 25.0 Å². The zero-order chi connectivity index (χ0) is 24.4. The second kappa shape index (κ2) is 9.24. The molecule has 0 N–H and O–H groups in total. The van der Waals surface area contributed by atoms with Crippen LogP contribution in [0.3, 0.4) is 0 Å². The number of nitriles is 1. The minimum atomic E-state index is 0.261. The van der Waals surface area contributed by atoms with Crippen LogP contribution in [0.2, 0.25) is 0 Å². The fraction of sp³-hybridized carbons (Fsp3) is 0.103. The van der Waals surface area contributed by atoms with Crippen LogP contribution in [0.4, 0.5) is 5.88 Å². The Labute approximate surface area is 203 Å². The zero-order valence-electron chi connectivity index (χ0n) is 19.6. The van der Waals surface area contributed by atoms with E-state index in [1.165, 1.54) is 0 Å². The highest BCUT2D eigenvalue weighted by molar-refractivity contribution is 6.00. The lowest BCUT2D eigenvalue weighted by atomic mass is 9.98. The molecule has 172 valence electrons. The van der Waals surface area contributed by atoms with Crippen molar-refractivity contribution in [2.45, 2.75) is 0 Å². The van der Waals surface area contributed by atoms with Gasteiger partial charge in [-0.25, -0.2) is 4.99 Å². The third-order valence-electron chi connectivity index (χ3n) is 5.98. The molecule has 2 aromatic heterocycles. The van der Waals surface area contributed by atoms with Gasteiger partial charge in [-0.15, -0.1) is 0 Å². The Kier molecular flexibility index (Phi) is 5.82. The maximum absolute atomic E-state index is 10.1. The van der Waals surface area contributed by atoms with Crippen LogP contribution in [0, 0.1) is 11.3 Å². The predicted molar refractivity (Wildman–Crippen MR) is 138 cm³/mol. The molecule has 0 aliphatic carbocycles. The number of ether oxygens (including phenoxy) is 2. The summed E-state index contributed by atoms with van der Waals surface area (Å²) in [6, 6.07) is 25.5. The Hall–Kier alpha value is -4.76. The molecule has 35 heavy (non-hydrogen) atoms. The Bertz CT molecular complexity index is 1570. The standard InChI is InChI=1S/C29H23N3O3/c1-32-18-21(24-6-4-5-7-26(24)32)17-31-29-25(16-30)27(19-8-12-22(33-2)13-9-19)28(35-29)20-10-14-23(34-3)15-11-20/h4-15,17-18H,1-3H3. The lowest BCUT2D eigenvalue weighted by Crippen LogP contribution is -1.87. The molecule has 3 aromatic carbocycles. The van der Waals surface area contributed by atoms with E-state index in [9.17, 15) is 5.26 Å². The quantitative estimate of drug-likeness (QED) is 0.262. The van der Waals surface area contributed by atoms with Crippen LogP contribution in [0.1, 0.15) is 11.1 Å². The number of para-hydroxylation sites is 1. The van der Waals surface area contributed by atoms with E-state index in [1.807, 2.05) is 73.9 Å². The van der Waals surface area contributed by atoms with Crippen molar-refractivity contribution in [1.82, 2.24) is 4.57 Å². The predicted octanol–water partition coefficient (Wildman–Crippen LogP) is 6.74. The first kappa shape index (κ1) is 22.1. The number of methoxy groups -OCH3 is 2. The third kappa shape index (κ3) is 4.04. The number of aryl methyl sites for hydroxylation is 1. The van der Waals surface area contributed by atoms with Gasteiger partial charge in [-0.05, 0) is 48.0 Å². The molecule has 0 bridgehead atoms.